The summed E-state index contributed by atoms with van der Waals surface area (Å²) in [6, 6.07) is -0.170. The van der Waals surface area contributed by atoms with E-state index in [-0.39, 0.29) is 30.1 Å². The van der Waals surface area contributed by atoms with Gasteiger partial charge in [0.15, 0.2) is 6.07 Å². The number of esters is 1. The predicted molar refractivity (Wildman–Crippen MR) is 71.9 cm³/mol. The number of carbonyl (C=O) groups excluding carboxylic acids is 2. The molecule has 5 nitrogen and oxygen atoms in total. The van der Waals surface area contributed by atoms with Crippen molar-refractivity contribution in [3.63, 3.8) is 0 Å². The van der Waals surface area contributed by atoms with E-state index in [0.717, 1.165) is 0 Å². The Morgan fingerprint density at radius 3 is 2.47 bits per heavy atom. The highest BCUT2D eigenvalue weighted by Crippen LogP contribution is 2.25. The Morgan fingerprint density at radius 2 is 2.00 bits per heavy atom. The standard InChI is InChI=1S/C13H22ClNO4/c1-9-7-10(11(16)18-8-14)5-6-15(9)12(17)19-13(2,3)4/h9-10H,5-8H2,1-4H3/t9-,10-/m1/s1. The lowest BCUT2D eigenvalue weighted by Gasteiger charge is -2.37. The van der Waals surface area contributed by atoms with Gasteiger partial charge in [0, 0.05) is 12.6 Å². The molecule has 1 fully saturated rings. The van der Waals surface area contributed by atoms with Crippen LogP contribution < -0.4 is 0 Å². The minimum atomic E-state index is -0.509. The van der Waals surface area contributed by atoms with Crippen LogP contribution in [0.1, 0.15) is 40.5 Å². The molecule has 2 atom stereocenters. The first-order valence-electron chi connectivity index (χ1n) is 6.47. The molecule has 1 aliphatic heterocycles. The van der Waals surface area contributed by atoms with Crippen LogP contribution in [0.4, 0.5) is 4.79 Å². The van der Waals surface area contributed by atoms with Crippen molar-refractivity contribution in [1.29, 1.82) is 0 Å². The SMILES string of the molecule is C[C@@H]1C[C@H](C(=O)OCCl)CCN1C(=O)OC(C)(C)C. The van der Waals surface area contributed by atoms with Crippen molar-refractivity contribution in [3.8, 4) is 0 Å². The highest BCUT2D eigenvalue weighted by atomic mass is 35.5. The molecule has 0 N–H and O–H groups in total. The van der Waals surface area contributed by atoms with Crippen molar-refractivity contribution in [2.45, 2.75) is 52.2 Å². The fourth-order valence-electron chi connectivity index (χ4n) is 2.15. The molecule has 19 heavy (non-hydrogen) atoms. The van der Waals surface area contributed by atoms with Gasteiger partial charge in [-0.2, -0.15) is 0 Å². The number of hydrogen-bond donors (Lipinski definition) is 0. The predicted octanol–water partition coefficient (Wildman–Crippen LogP) is 2.76. The summed E-state index contributed by atoms with van der Waals surface area (Å²) in [5.74, 6) is -0.474. The summed E-state index contributed by atoms with van der Waals surface area (Å²) in [5.41, 5.74) is -0.509. The number of alkyl halides is 1. The van der Waals surface area contributed by atoms with E-state index >= 15 is 0 Å². The second-order valence-corrected chi connectivity index (χ2v) is 6.03. The highest BCUT2D eigenvalue weighted by Gasteiger charge is 2.35. The zero-order chi connectivity index (χ0) is 14.6. The van der Waals surface area contributed by atoms with Crippen molar-refractivity contribution in [2.75, 3.05) is 12.6 Å². The van der Waals surface area contributed by atoms with Gasteiger partial charge in [-0.25, -0.2) is 4.79 Å². The maximum atomic E-state index is 12.0. The number of carbonyl (C=O) groups is 2. The maximum Gasteiger partial charge on any atom is 0.410 e. The van der Waals surface area contributed by atoms with Crippen molar-refractivity contribution >= 4 is 23.7 Å². The molecule has 1 aliphatic rings. The lowest BCUT2D eigenvalue weighted by Crippen LogP contribution is -2.48. The van der Waals surface area contributed by atoms with Gasteiger partial charge in [-0.3, -0.25) is 4.79 Å². The minimum Gasteiger partial charge on any atom is -0.449 e. The first-order chi connectivity index (χ1) is 8.74. The largest absolute Gasteiger partial charge is 0.449 e. The zero-order valence-corrected chi connectivity index (χ0v) is 12.7. The Hall–Kier alpha value is -0.970. The Labute approximate surface area is 119 Å². The molecule has 0 saturated carbocycles. The third kappa shape index (κ3) is 4.90. The molecule has 1 saturated heterocycles. The summed E-state index contributed by atoms with van der Waals surface area (Å²) >= 11 is 5.38. The molecule has 6 heteroatoms. The zero-order valence-electron chi connectivity index (χ0n) is 11.9. The van der Waals surface area contributed by atoms with Gasteiger partial charge in [0.1, 0.15) is 5.60 Å². The second kappa shape index (κ2) is 6.46. The fraction of sp³-hybridized carbons (Fsp3) is 0.846. The Kier molecular flexibility index (Phi) is 5.47. The number of likely N-dealkylation sites (tertiary alicyclic amines) is 1. The summed E-state index contributed by atoms with van der Waals surface area (Å²) in [5, 5.41) is 0. The quantitative estimate of drug-likeness (QED) is 0.580. The van der Waals surface area contributed by atoms with Crippen LogP contribution in [0.5, 0.6) is 0 Å². The Morgan fingerprint density at radius 1 is 1.37 bits per heavy atom. The number of piperidine rings is 1. The molecular weight excluding hydrogens is 270 g/mol. The smallest absolute Gasteiger partial charge is 0.410 e. The lowest BCUT2D eigenvalue weighted by atomic mass is 9.92. The monoisotopic (exact) mass is 291 g/mol. The molecule has 0 bridgehead atoms. The number of rotatable bonds is 2. The van der Waals surface area contributed by atoms with Crippen LogP contribution in [-0.2, 0) is 14.3 Å². The van der Waals surface area contributed by atoms with Crippen LogP contribution >= 0.6 is 11.6 Å². The van der Waals surface area contributed by atoms with Gasteiger partial charge in [0.05, 0.1) is 5.92 Å². The number of hydrogen-bond acceptors (Lipinski definition) is 4. The first-order valence-corrected chi connectivity index (χ1v) is 7.00. The van der Waals surface area contributed by atoms with Crippen molar-refractivity contribution in [3.05, 3.63) is 0 Å². The van der Waals surface area contributed by atoms with E-state index in [9.17, 15) is 9.59 Å². The van der Waals surface area contributed by atoms with Gasteiger partial charge in [0.25, 0.3) is 0 Å². The van der Waals surface area contributed by atoms with Crippen LogP contribution in [0.2, 0.25) is 0 Å². The molecule has 0 unspecified atom stereocenters. The van der Waals surface area contributed by atoms with Crippen LogP contribution in [0.25, 0.3) is 0 Å². The van der Waals surface area contributed by atoms with Gasteiger partial charge >= 0.3 is 12.1 Å². The Bertz CT molecular complexity index is 340. The third-order valence-corrected chi connectivity index (χ3v) is 3.14. The molecule has 0 aliphatic carbocycles. The molecule has 110 valence electrons. The van der Waals surface area contributed by atoms with E-state index < -0.39 is 5.60 Å². The van der Waals surface area contributed by atoms with Crippen LogP contribution in [0.3, 0.4) is 0 Å². The summed E-state index contributed by atoms with van der Waals surface area (Å²) < 4.78 is 10.1. The van der Waals surface area contributed by atoms with Gasteiger partial charge in [0.2, 0.25) is 0 Å². The highest BCUT2D eigenvalue weighted by molar-refractivity contribution is 6.17. The summed E-state index contributed by atoms with van der Waals surface area (Å²) in [6.07, 6.45) is 0.832. The first kappa shape index (κ1) is 16.1. The number of amides is 1. The lowest BCUT2D eigenvalue weighted by molar-refractivity contribution is -0.148. The summed E-state index contributed by atoms with van der Waals surface area (Å²) in [7, 11) is 0. The normalized spacial score (nSPS) is 23.9. The van der Waals surface area contributed by atoms with Crippen molar-refractivity contribution < 1.29 is 19.1 Å². The van der Waals surface area contributed by atoms with Crippen molar-refractivity contribution in [2.24, 2.45) is 5.92 Å². The van der Waals surface area contributed by atoms with Crippen LogP contribution in [0, 0.1) is 5.92 Å². The van der Waals surface area contributed by atoms with Gasteiger partial charge in [-0.15, -0.1) is 0 Å². The maximum absolute atomic E-state index is 12.0. The van der Waals surface area contributed by atoms with Crippen LogP contribution in [-0.4, -0.2) is 41.2 Å². The Balaban J connectivity index is 2.55. The average Bonchev–Trinajstić information content (AvgIpc) is 2.26. The molecule has 1 heterocycles. The van der Waals surface area contributed by atoms with E-state index in [4.69, 9.17) is 21.1 Å². The molecule has 0 radical (unpaired) electrons. The molecule has 1 amide bonds. The molecular formula is C13H22ClNO4. The number of ether oxygens (including phenoxy) is 2. The van der Waals surface area contributed by atoms with E-state index in [2.05, 4.69) is 0 Å². The van der Waals surface area contributed by atoms with Crippen LogP contribution in [0.15, 0.2) is 0 Å². The topological polar surface area (TPSA) is 55.8 Å². The second-order valence-electron chi connectivity index (χ2n) is 5.82. The van der Waals surface area contributed by atoms with Gasteiger partial charge in [-0.05, 0) is 40.5 Å². The van der Waals surface area contributed by atoms with Crippen molar-refractivity contribution in [1.82, 2.24) is 4.90 Å². The van der Waals surface area contributed by atoms with Gasteiger partial charge in [-0.1, -0.05) is 11.6 Å². The van der Waals surface area contributed by atoms with Gasteiger partial charge < -0.3 is 14.4 Å². The molecule has 0 spiro atoms. The molecule has 0 aromatic rings. The number of halogens is 1. The molecule has 1 rings (SSSR count). The van der Waals surface area contributed by atoms with E-state index in [1.807, 2.05) is 27.7 Å². The summed E-state index contributed by atoms with van der Waals surface area (Å²) in [4.78, 5) is 25.3. The minimum absolute atomic E-state index is 0.0449. The molecule has 0 aromatic heterocycles. The average molecular weight is 292 g/mol. The fourth-order valence-corrected chi connectivity index (χ4v) is 2.26. The molecule has 0 aromatic carbocycles. The summed E-state index contributed by atoms with van der Waals surface area (Å²) in [6.45, 7) is 7.91. The number of nitrogens with zero attached hydrogens (tertiary/aromatic N) is 1. The van der Waals surface area contributed by atoms with E-state index in [1.165, 1.54) is 0 Å². The third-order valence-electron chi connectivity index (χ3n) is 3.03. The van der Waals surface area contributed by atoms with E-state index in [1.54, 1.807) is 4.90 Å². The van der Waals surface area contributed by atoms with E-state index in [0.29, 0.717) is 19.4 Å².